The minimum atomic E-state index is -0.0737. The molecule has 1 aliphatic rings. The second-order valence-corrected chi connectivity index (χ2v) is 4.96. The number of anilines is 1. The van der Waals surface area contributed by atoms with Crippen molar-refractivity contribution >= 4 is 11.7 Å². The van der Waals surface area contributed by atoms with Crippen LogP contribution in [0, 0.1) is 0 Å². The van der Waals surface area contributed by atoms with Gasteiger partial charge in [0.15, 0.2) is 0 Å². The first-order valence-electron chi connectivity index (χ1n) is 6.68. The number of nitrogens with one attached hydrogen (secondary N) is 1. The van der Waals surface area contributed by atoms with E-state index in [0.29, 0.717) is 19.6 Å². The summed E-state index contributed by atoms with van der Waals surface area (Å²) in [6.07, 6.45) is 0. The molecule has 102 valence electrons. The fourth-order valence-electron chi connectivity index (χ4n) is 2.46. The molecule has 3 rings (SSSR count). The van der Waals surface area contributed by atoms with Crippen LogP contribution in [0.25, 0.3) is 0 Å². The van der Waals surface area contributed by atoms with Crippen molar-refractivity contribution in [2.45, 2.75) is 19.6 Å². The van der Waals surface area contributed by atoms with Gasteiger partial charge in [-0.05, 0) is 28.8 Å². The lowest BCUT2D eigenvalue weighted by Gasteiger charge is -2.16. The fraction of sp³-hybridized carbons (Fsp3) is 0.188. The van der Waals surface area contributed by atoms with Gasteiger partial charge in [-0.1, -0.05) is 36.4 Å². The number of carbonyl (C=O) groups is 1. The van der Waals surface area contributed by atoms with E-state index in [9.17, 15) is 4.79 Å². The van der Waals surface area contributed by atoms with Crippen LogP contribution in [0.3, 0.4) is 0 Å². The standard InChI is InChI=1S/C16H17N3O/c17-9-12-4-3-7-15(8-12)18-16(20)19-10-13-5-1-2-6-14(13)11-19/h1-8H,9-11,17H2,(H,18,20). The van der Waals surface area contributed by atoms with Crippen LogP contribution in [0.2, 0.25) is 0 Å². The van der Waals surface area contributed by atoms with E-state index < -0.39 is 0 Å². The van der Waals surface area contributed by atoms with E-state index in [-0.39, 0.29) is 6.03 Å². The number of benzene rings is 2. The second-order valence-electron chi connectivity index (χ2n) is 4.96. The number of urea groups is 1. The molecule has 0 saturated heterocycles. The molecular formula is C16H17N3O. The predicted molar refractivity (Wildman–Crippen MR) is 79.0 cm³/mol. The topological polar surface area (TPSA) is 58.4 Å². The van der Waals surface area contributed by atoms with E-state index in [4.69, 9.17) is 5.73 Å². The van der Waals surface area contributed by atoms with Gasteiger partial charge in [0.05, 0.1) is 0 Å². The van der Waals surface area contributed by atoms with Crippen LogP contribution in [0.5, 0.6) is 0 Å². The van der Waals surface area contributed by atoms with Crippen LogP contribution in [0.1, 0.15) is 16.7 Å². The summed E-state index contributed by atoms with van der Waals surface area (Å²) < 4.78 is 0. The van der Waals surface area contributed by atoms with Gasteiger partial charge in [-0.3, -0.25) is 0 Å². The number of amides is 2. The first kappa shape index (κ1) is 12.7. The molecule has 4 heteroatoms. The van der Waals surface area contributed by atoms with E-state index in [1.165, 1.54) is 11.1 Å². The zero-order chi connectivity index (χ0) is 13.9. The predicted octanol–water partition coefficient (Wildman–Crippen LogP) is 2.69. The van der Waals surface area contributed by atoms with Gasteiger partial charge in [0.1, 0.15) is 0 Å². The van der Waals surface area contributed by atoms with Crippen molar-refractivity contribution in [1.82, 2.24) is 4.90 Å². The third-order valence-corrected chi connectivity index (χ3v) is 3.54. The number of hydrogen-bond acceptors (Lipinski definition) is 2. The molecule has 0 atom stereocenters. The highest BCUT2D eigenvalue weighted by molar-refractivity contribution is 5.89. The molecule has 1 aliphatic heterocycles. The number of hydrogen-bond donors (Lipinski definition) is 2. The molecule has 2 amide bonds. The van der Waals surface area contributed by atoms with Gasteiger partial charge in [0.2, 0.25) is 0 Å². The highest BCUT2D eigenvalue weighted by atomic mass is 16.2. The Morgan fingerprint density at radius 1 is 1.10 bits per heavy atom. The minimum Gasteiger partial charge on any atom is -0.326 e. The van der Waals surface area contributed by atoms with Crippen molar-refractivity contribution in [3.8, 4) is 0 Å². The van der Waals surface area contributed by atoms with Crippen LogP contribution < -0.4 is 11.1 Å². The summed E-state index contributed by atoms with van der Waals surface area (Å²) in [5.74, 6) is 0. The molecule has 2 aromatic rings. The molecule has 3 N–H and O–H groups in total. The van der Waals surface area contributed by atoms with Crippen LogP contribution in [0.15, 0.2) is 48.5 Å². The molecular weight excluding hydrogens is 250 g/mol. The maximum Gasteiger partial charge on any atom is 0.322 e. The van der Waals surface area contributed by atoms with E-state index in [0.717, 1.165) is 11.3 Å². The lowest BCUT2D eigenvalue weighted by molar-refractivity contribution is 0.212. The monoisotopic (exact) mass is 267 g/mol. The summed E-state index contributed by atoms with van der Waals surface area (Å²) in [6.45, 7) is 1.80. The first-order chi connectivity index (χ1) is 9.76. The maximum absolute atomic E-state index is 12.3. The number of rotatable bonds is 2. The van der Waals surface area contributed by atoms with E-state index in [1.807, 2.05) is 36.4 Å². The van der Waals surface area contributed by atoms with Crippen LogP contribution in [0.4, 0.5) is 10.5 Å². The fourth-order valence-corrected chi connectivity index (χ4v) is 2.46. The summed E-state index contributed by atoms with van der Waals surface area (Å²) in [5, 5.41) is 2.92. The van der Waals surface area contributed by atoms with Gasteiger partial charge in [-0.25, -0.2) is 4.79 Å². The highest BCUT2D eigenvalue weighted by Crippen LogP contribution is 2.23. The Bertz CT molecular complexity index is 614. The van der Waals surface area contributed by atoms with Crippen LogP contribution in [-0.4, -0.2) is 10.9 Å². The zero-order valence-electron chi connectivity index (χ0n) is 11.2. The summed E-state index contributed by atoms with van der Waals surface area (Å²) in [5.41, 5.74) is 9.84. The van der Waals surface area contributed by atoms with Gasteiger partial charge in [0.25, 0.3) is 0 Å². The summed E-state index contributed by atoms with van der Waals surface area (Å²) in [6, 6.07) is 15.7. The Balaban J connectivity index is 1.69. The Morgan fingerprint density at radius 3 is 2.45 bits per heavy atom. The van der Waals surface area contributed by atoms with Crippen molar-refractivity contribution in [2.24, 2.45) is 5.73 Å². The maximum atomic E-state index is 12.3. The van der Waals surface area contributed by atoms with Gasteiger partial charge in [-0.15, -0.1) is 0 Å². The normalized spacial score (nSPS) is 13.2. The average molecular weight is 267 g/mol. The lowest BCUT2D eigenvalue weighted by atomic mass is 10.1. The quantitative estimate of drug-likeness (QED) is 0.879. The third kappa shape index (κ3) is 2.51. The van der Waals surface area contributed by atoms with E-state index in [1.54, 1.807) is 4.90 Å². The Morgan fingerprint density at radius 2 is 1.80 bits per heavy atom. The molecule has 0 saturated carbocycles. The minimum absolute atomic E-state index is 0.0737. The van der Waals surface area contributed by atoms with E-state index >= 15 is 0 Å². The molecule has 1 heterocycles. The average Bonchev–Trinajstić information content (AvgIpc) is 2.91. The molecule has 0 radical (unpaired) electrons. The molecule has 0 aliphatic carbocycles. The van der Waals surface area contributed by atoms with Crippen molar-refractivity contribution in [2.75, 3.05) is 5.32 Å². The van der Waals surface area contributed by atoms with Crippen molar-refractivity contribution in [3.63, 3.8) is 0 Å². The van der Waals surface area contributed by atoms with Crippen molar-refractivity contribution in [3.05, 3.63) is 65.2 Å². The number of carbonyl (C=O) groups excluding carboxylic acids is 1. The van der Waals surface area contributed by atoms with Gasteiger partial charge in [0, 0.05) is 25.3 Å². The van der Waals surface area contributed by atoms with Crippen LogP contribution in [-0.2, 0) is 19.6 Å². The molecule has 0 unspecified atom stereocenters. The van der Waals surface area contributed by atoms with Gasteiger partial charge in [-0.2, -0.15) is 0 Å². The lowest BCUT2D eigenvalue weighted by Crippen LogP contribution is -2.30. The molecule has 4 nitrogen and oxygen atoms in total. The second kappa shape index (κ2) is 5.35. The summed E-state index contributed by atoms with van der Waals surface area (Å²) in [4.78, 5) is 14.1. The Hall–Kier alpha value is -2.33. The van der Waals surface area contributed by atoms with E-state index in [2.05, 4.69) is 17.4 Å². The van der Waals surface area contributed by atoms with Gasteiger partial charge < -0.3 is 16.0 Å². The summed E-state index contributed by atoms with van der Waals surface area (Å²) >= 11 is 0. The molecule has 0 bridgehead atoms. The van der Waals surface area contributed by atoms with Crippen molar-refractivity contribution < 1.29 is 4.79 Å². The molecule has 2 aromatic carbocycles. The Labute approximate surface area is 118 Å². The zero-order valence-corrected chi connectivity index (χ0v) is 11.2. The summed E-state index contributed by atoms with van der Waals surface area (Å²) in [7, 11) is 0. The number of fused-ring (bicyclic) bond motifs is 1. The largest absolute Gasteiger partial charge is 0.326 e. The smallest absolute Gasteiger partial charge is 0.322 e. The number of nitrogens with zero attached hydrogens (tertiary/aromatic N) is 1. The number of nitrogens with two attached hydrogens (primary N) is 1. The first-order valence-corrected chi connectivity index (χ1v) is 6.68. The molecule has 20 heavy (non-hydrogen) atoms. The SMILES string of the molecule is NCc1cccc(NC(=O)N2Cc3ccccc3C2)c1. The Kier molecular flexibility index (Phi) is 3.39. The molecule has 0 spiro atoms. The van der Waals surface area contributed by atoms with Gasteiger partial charge >= 0.3 is 6.03 Å². The third-order valence-electron chi connectivity index (χ3n) is 3.54. The van der Waals surface area contributed by atoms with Crippen molar-refractivity contribution in [1.29, 1.82) is 0 Å². The van der Waals surface area contributed by atoms with Crippen LogP contribution >= 0.6 is 0 Å². The highest BCUT2D eigenvalue weighted by Gasteiger charge is 2.22. The molecule has 0 aromatic heterocycles. The molecule has 0 fully saturated rings.